The van der Waals surface area contributed by atoms with Crippen LogP contribution in [0.25, 0.3) is 0 Å². The van der Waals surface area contributed by atoms with Crippen molar-refractivity contribution in [3.63, 3.8) is 0 Å². The van der Waals surface area contributed by atoms with Gasteiger partial charge in [0.15, 0.2) is 0 Å². The van der Waals surface area contributed by atoms with Gasteiger partial charge in [-0.3, -0.25) is 0 Å². The molecule has 4 heteroatoms. The molecule has 17 heavy (non-hydrogen) atoms. The fraction of sp³-hybridized carbons (Fsp3) is 0.462. The SMILES string of the molecule is O=C(OCc1ccccc1)N1CCC[C@H]1CCl. The molecule has 1 amide bonds. The summed E-state index contributed by atoms with van der Waals surface area (Å²) in [4.78, 5) is 13.6. The first-order valence-electron chi connectivity index (χ1n) is 5.84. The Hall–Kier alpha value is -1.22. The average molecular weight is 254 g/mol. The Morgan fingerprint density at radius 2 is 2.18 bits per heavy atom. The molecule has 0 spiro atoms. The fourth-order valence-corrected chi connectivity index (χ4v) is 2.36. The molecule has 1 atom stereocenters. The molecule has 3 nitrogen and oxygen atoms in total. The van der Waals surface area contributed by atoms with Crippen LogP contribution in [0.4, 0.5) is 4.79 Å². The van der Waals surface area contributed by atoms with Gasteiger partial charge in [0, 0.05) is 18.5 Å². The Kier molecular flexibility index (Phi) is 4.26. The van der Waals surface area contributed by atoms with E-state index in [2.05, 4.69) is 0 Å². The molecule has 92 valence electrons. The first-order valence-corrected chi connectivity index (χ1v) is 6.38. The van der Waals surface area contributed by atoms with Crippen LogP contribution in [-0.4, -0.2) is 29.5 Å². The van der Waals surface area contributed by atoms with Crippen LogP contribution in [0.2, 0.25) is 0 Å². The highest BCUT2D eigenvalue weighted by atomic mass is 35.5. The number of amides is 1. The lowest BCUT2D eigenvalue weighted by molar-refractivity contribution is 0.0948. The Bertz CT molecular complexity index is 369. The van der Waals surface area contributed by atoms with Crippen LogP contribution in [0.1, 0.15) is 18.4 Å². The first kappa shape index (κ1) is 12.2. The number of halogens is 1. The monoisotopic (exact) mass is 253 g/mol. The van der Waals surface area contributed by atoms with Crippen LogP contribution in [0.3, 0.4) is 0 Å². The quantitative estimate of drug-likeness (QED) is 0.775. The fourth-order valence-electron chi connectivity index (χ4n) is 2.04. The van der Waals surface area contributed by atoms with Crippen LogP contribution in [-0.2, 0) is 11.3 Å². The summed E-state index contributed by atoms with van der Waals surface area (Å²) < 4.78 is 5.27. The molecular formula is C13H16ClNO2. The van der Waals surface area contributed by atoms with Gasteiger partial charge in [0.2, 0.25) is 0 Å². The van der Waals surface area contributed by atoms with E-state index in [1.807, 2.05) is 30.3 Å². The second kappa shape index (κ2) is 5.92. The van der Waals surface area contributed by atoms with Gasteiger partial charge in [-0.2, -0.15) is 0 Å². The highest BCUT2D eigenvalue weighted by molar-refractivity contribution is 6.18. The van der Waals surface area contributed by atoms with Crippen molar-refractivity contribution in [2.45, 2.75) is 25.5 Å². The summed E-state index contributed by atoms with van der Waals surface area (Å²) >= 11 is 5.81. The van der Waals surface area contributed by atoms with Crippen molar-refractivity contribution >= 4 is 17.7 Å². The van der Waals surface area contributed by atoms with Gasteiger partial charge in [-0.05, 0) is 18.4 Å². The topological polar surface area (TPSA) is 29.5 Å². The van der Waals surface area contributed by atoms with Crippen molar-refractivity contribution in [1.29, 1.82) is 0 Å². The summed E-state index contributed by atoms with van der Waals surface area (Å²) in [7, 11) is 0. The van der Waals surface area contributed by atoms with E-state index in [0.29, 0.717) is 12.5 Å². The van der Waals surface area contributed by atoms with Crippen LogP contribution >= 0.6 is 11.6 Å². The van der Waals surface area contributed by atoms with Crippen molar-refractivity contribution < 1.29 is 9.53 Å². The predicted octanol–water partition coefficient (Wildman–Crippen LogP) is 3.03. The zero-order chi connectivity index (χ0) is 12.1. The van der Waals surface area contributed by atoms with Gasteiger partial charge in [0.25, 0.3) is 0 Å². The van der Waals surface area contributed by atoms with Crippen molar-refractivity contribution in [1.82, 2.24) is 4.90 Å². The van der Waals surface area contributed by atoms with Crippen molar-refractivity contribution in [3.05, 3.63) is 35.9 Å². The maximum Gasteiger partial charge on any atom is 0.410 e. The molecule has 0 saturated carbocycles. The molecule has 1 saturated heterocycles. The minimum Gasteiger partial charge on any atom is -0.445 e. The molecule has 1 heterocycles. The van der Waals surface area contributed by atoms with Crippen molar-refractivity contribution in [3.8, 4) is 0 Å². The minimum atomic E-state index is -0.253. The predicted molar refractivity (Wildman–Crippen MR) is 67.1 cm³/mol. The number of rotatable bonds is 3. The molecule has 2 rings (SSSR count). The third-order valence-corrected chi connectivity index (χ3v) is 3.35. The molecular weight excluding hydrogens is 238 g/mol. The molecule has 1 aromatic rings. The van der Waals surface area contributed by atoms with Gasteiger partial charge < -0.3 is 9.64 Å². The summed E-state index contributed by atoms with van der Waals surface area (Å²) in [6.45, 7) is 1.08. The zero-order valence-corrected chi connectivity index (χ0v) is 10.4. The lowest BCUT2D eigenvalue weighted by Crippen LogP contribution is -2.36. The summed E-state index contributed by atoms with van der Waals surface area (Å²) in [6, 6.07) is 9.82. The van der Waals surface area contributed by atoms with E-state index in [-0.39, 0.29) is 12.1 Å². The minimum absolute atomic E-state index is 0.139. The van der Waals surface area contributed by atoms with E-state index in [4.69, 9.17) is 16.3 Å². The largest absolute Gasteiger partial charge is 0.445 e. The number of nitrogens with zero attached hydrogens (tertiary/aromatic N) is 1. The zero-order valence-electron chi connectivity index (χ0n) is 9.64. The second-order valence-corrected chi connectivity index (χ2v) is 4.49. The van der Waals surface area contributed by atoms with E-state index in [9.17, 15) is 4.79 Å². The van der Waals surface area contributed by atoms with Crippen LogP contribution in [0, 0.1) is 0 Å². The smallest absolute Gasteiger partial charge is 0.410 e. The van der Waals surface area contributed by atoms with Crippen LogP contribution < -0.4 is 0 Å². The van der Waals surface area contributed by atoms with Crippen molar-refractivity contribution in [2.75, 3.05) is 12.4 Å². The molecule has 1 aromatic carbocycles. The number of carbonyl (C=O) groups excluding carboxylic acids is 1. The number of carbonyl (C=O) groups is 1. The van der Waals surface area contributed by atoms with Gasteiger partial charge in [-0.15, -0.1) is 11.6 Å². The maximum absolute atomic E-state index is 11.8. The summed E-state index contributed by atoms with van der Waals surface area (Å²) in [5.74, 6) is 0.487. The maximum atomic E-state index is 11.8. The molecule has 0 N–H and O–H groups in total. The lowest BCUT2D eigenvalue weighted by Gasteiger charge is -2.22. The number of alkyl halides is 1. The highest BCUT2D eigenvalue weighted by Gasteiger charge is 2.28. The van der Waals surface area contributed by atoms with E-state index in [1.165, 1.54) is 0 Å². The number of ether oxygens (including phenoxy) is 1. The normalized spacial score (nSPS) is 19.4. The van der Waals surface area contributed by atoms with E-state index >= 15 is 0 Å². The van der Waals surface area contributed by atoms with Gasteiger partial charge in [0.05, 0.1) is 0 Å². The van der Waals surface area contributed by atoms with Crippen LogP contribution in [0.5, 0.6) is 0 Å². The van der Waals surface area contributed by atoms with E-state index in [0.717, 1.165) is 24.9 Å². The molecule has 1 aliphatic rings. The van der Waals surface area contributed by atoms with Crippen LogP contribution in [0.15, 0.2) is 30.3 Å². The van der Waals surface area contributed by atoms with Gasteiger partial charge in [0.1, 0.15) is 6.61 Å². The Morgan fingerprint density at radius 1 is 1.41 bits per heavy atom. The number of hydrogen-bond donors (Lipinski definition) is 0. The summed E-state index contributed by atoms with van der Waals surface area (Å²) in [6.07, 6.45) is 1.74. The second-order valence-electron chi connectivity index (χ2n) is 4.18. The first-order chi connectivity index (χ1) is 8.31. The average Bonchev–Trinajstić information content (AvgIpc) is 2.85. The van der Waals surface area contributed by atoms with Gasteiger partial charge in [-0.25, -0.2) is 4.79 Å². The number of likely N-dealkylation sites (tertiary alicyclic amines) is 1. The van der Waals surface area contributed by atoms with E-state index in [1.54, 1.807) is 4.90 Å². The van der Waals surface area contributed by atoms with Crippen molar-refractivity contribution in [2.24, 2.45) is 0 Å². The Morgan fingerprint density at radius 3 is 2.88 bits per heavy atom. The molecule has 0 aliphatic carbocycles. The summed E-state index contributed by atoms with van der Waals surface area (Å²) in [5, 5.41) is 0. The third kappa shape index (κ3) is 3.13. The molecule has 1 aliphatic heterocycles. The Labute approximate surface area is 106 Å². The molecule has 0 bridgehead atoms. The van der Waals surface area contributed by atoms with Gasteiger partial charge >= 0.3 is 6.09 Å². The standard InChI is InChI=1S/C13H16ClNO2/c14-9-12-7-4-8-15(12)13(16)17-10-11-5-2-1-3-6-11/h1-3,5-6,12H,4,7-10H2/t12-/m0/s1. The molecule has 1 fully saturated rings. The number of hydrogen-bond acceptors (Lipinski definition) is 2. The summed E-state index contributed by atoms with van der Waals surface area (Å²) in [5.41, 5.74) is 1.00. The Balaban J connectivity index is 1.85. The highest BCUT2D eigenvalue weighted by Crippen LogP contribution is 2.19. The lowest BCUT2D eigenvalue weighted by atomic mass is 10.2. The number of benzene rings is 1. The molecule has 0 radical (unpaired) electrons. The third-order valence-electron chi connectivity index (χ3n) is 2.99. The molecule has 0 aromatic heterocycles. The molecule has 0 unspecified atom stereocenters. The van der Waals surface area contributed by atoms with Gasteiger partial charge in [-0.1, -0.05) is 30.3 Å². The van der Waals surface area contributed by atoms with E-state index < -0.39 is 0 Å².